The van der Waals surface area contributed by atoms with E-state index in [-0.39, 0.29) is 0 Å². The number of hydrogen-bond donors (Lipinski definition) is 1. The molecule has 0 aromatic rings. The van der Waals surface area contributed by atoms with E-state index in [0.717, 1.165) is 18.6 Å². The fourth-order valence-corrected chi connectivity index (χ4v) is 1.34. The van der Waals surface area contributed by atoms with E-state index in [1.54, 1.807) is 0 Å². The van der Waals surface area contributed by atoms with Crippen molar-refractivity contribution in [3.63, 3.8) is 0 Å². The van der Waals surface area contributed by atoms with E-state index < -0.39 is 0 Å². The maximum Gasteiger partial charge on any atom is 0.00916 e. The van der Waals surface area contributed by atoms with Gasteiger partial charge in [0.15, 0.2) is 0 Å². The van der Waals surface area contributed by atoms with Crippen molar-refractivity contribution < 1.29 is 0 Å². The molecule has 0 bridgehead atoms. The lowest BCUT2D eigenvalue weighted by Gasteiger charge is -2.19. The van der Waals surface area contributed by atoms with E-state index in [2.05, 4.69) is 20.8 Å². The Morgan fingerprint density at radius 1 is 1.60 bits per heavy atom. The first-order valence-electron chi connectivity index (χ1n) is 3.97. The summed E-state index contributed by atoms with van der Waals surface area (Å²) in [5, 5.41) is 7.46. The summed E-state index contributed by atoms with van der Waals surface area (Å²) in [7, 11) is 0. The summed E-state index contributed by atoms with van der Waals surface area (Å²) in [5.74, 6) is 1.03. The molecule has 0 spiro atoms. The average molecular weight is 140 g/mol. The van der Waals surface area contributed by atoms with Crippen molar-refractivity contribution in [2.75, 3.05) is 0 Å². The van der Waals surface area contributed by atoms with Gasteiger partial charge in [-0.3, -0.25) is 0 Å². The maximum atomic E-state index is 7.46. The lowest BCUT2D eigenvalue weighted by atomic mass is 9.86. The molecule has 0 rings (SSSR count). The average Bonchev–Trinajstić information content (AvgIpc) is 1.88. The molecule has 1 heteroatoms. The van der Waals surface area contributed by atoms with Crippen LogP contribution in [0, 0.1) is 24.2 Å². The molecule has 0 heterocycles. The highest BCUT2D eigenvalue weighted by molar-refractivity contribution is 5.81. The molecule has 0 fully saturated rings. The molecule has 2 atom stereocenters. The van der Waals surface area contributed by atoms with Crippen LogP contribution >= 0.6 is 0 Å². The first kappa shape index (κ1) is 9.67. The van der Waals surface area contributed by atoms with Gasteiger partial charge in [0.2, 0.25) is 0 Å². The van der Waals surface area contributed by atoms with Gasteiger partial charge in [0.25, 0.3) is 0 Å². The molecule has 0 aromatic carbocycles. The minimum atomic E-state index is 0.456. The molecular formula is C9H18N. The normalized spacial score (nSPS) is 16.4. The Morgan fingerprint density at radius 2 is 2.10 bits per heavy atom. The van der Waals surface area contributed by atoms with Gasteiger partial charge >= 0.3 is 0 Å². The summed E-state index contributed by atoms with van der Waals surface area (Å²) in [5.41, 5.74) is 0.804. The van der Waals surface area contributed by atoms with Gasteiger partial charge in [-0.1, -0.05) is 27.2 Å². The largest absolute Gasteiger partial charge is 0.310 e. The third kappa shape index (κ3) is 2.51. The zero-order chi connectivity index (χ0) is 8.15. The third-order valence-electron chi connectivity index (χ3n) is 2.14. The van der Waals surface area contributed by atoms with E-state index in [4.69, 9.17) is 5.41 Å². The molecule has 0 aliphatic carbocycles. The van der Waals surface area contributed by atoms with E-state index in [1.807, 2.05) is 6.92 Å². The van der Waals surface area contributed by atoms with Crippen LogP contribution in [-0.2, 0) is 0 Å². The molecule has 0 amide bonds. The van der Waals surface area contributed by atoms with Crippen molar-refractivity contribution in [1.82, 2.24) is 0 Å². The third-order valence-corrected chi connectivity index (χ3v) is 2.14. The van der Waals surface area contributed by atoms with Crippen molar-refractivity contribution in [2.45, 2.75) is 33.6 Å². The molecule has 59 valence electrons. The van der Waals surface area contributed by atoms with Crippen LogP contribution in [0.3, 0.4) is 0 Å². The molecule has 0 aliphatic heterocycles. The fourth-order valence-electron chi connectivity index (χ4n) is 1.34. The minimum absolute atomic E-state index is 0.456. The van der Waals surface area contributed by atoms with Gasteiger partial charge in [-0.15, -0.1) is 0 Å². The smallest absolute Gasteiger partial charge is 0.00916 e. The molecular weight excluding hydrogens is 122 g/mol. The maximum absolute atomic E-state index is 7.46. The lowest BCUT2D eigenvalue weighted by molar-refractivity contribution is 0.443. The van der Waals surface area contributed by atoms with Crippen LogP contribution in [0.5, 0.6) is 0 Å². The highest BCUT2D eigenvalue weighted by Gasteiger charge is 2.14. The summed E-state index contributed by atoms with van der Waals surface area (Å²) in [6.07, 6.45) is 2.01. The van der Waals surface area contributed by atoms with Gasteiger partial charge in [0, 0.05) is 5.71 Å². The molecule has 1 unspecified atom stereocenters. The number of nitrogens with one attached hydrogen (secondary N) is 1. The van der Waals surface area contributed by atoms with E-state index >= 15 is 0 Å². The first-order chi connectivity index (χ1) is 4.63. The topological polar surface area (TPSA) is 23.9 Å². The lowest BCUT2D eigenvalue weighted by Crippen LogP contribution is -2.17. The predicted octanol–water partition coefficient (Wildman–Crippen LogP) is 2.91. The SMILES string of the molecule is [CH2]CC(C)[C@H](CC)C(C)=N. The fraction of sp³-hybridized carbons (Fsp3) is 0.778. The highest BCUT2D eigenvalue weighted by Crippen LogP contribution is 2.19. The van der Waals surface area contributed by atoms with Gasteiger partial charge < -0.3 is 5.41 Å². The Labute approximate surface area is 64.3 Å². The molecule has 1 N–H and O–H groups in total. The van der Waals surface area contributed by atoms with Gasteiger partial charge in [-0.05, 0) is 25.2 Å². The molecule has 1 radical (unpaired) electrons. The zero-order valence-corrected chi connectivity index (χ0v) is 7.28. The molecule has 0 aliphatic rings. The molecule has 10 heavy (non-hydrogen) atoms. The molecule has 0 saturated heterocycles. The van der Waals surface area contributed by atoms with Gasteiger partial charge in [-0.2, -0.15) is 0 Å². The minimum Gasteiger partial charge on any atom is -0.310 e. The Balaban J connectivity index is 3.92. The predicted molar refractivity (Wildman–Crippen MR) is 46.3 cm³/mol. The Bertz CT molecular complexity index is 107. The zero-order valence-electron chi connectivity index (χ0n) is 7.28. The second-order valence-corrected chi connectivity index (χ2v) is 2.96. The van der Waals surface area contributed by atoms with E-state index in [1.165, 1.54) is 0 Å². The monoisotopic (exact) mass is 140 g/mol. The summed E-state index contributed by atoms with van der Waals surface area (Å²) < 4.78 is 0. The molecule has 0 aromatic heterocycles. The second-order valence-electron chi connectivity index (χ2n) is 2.96. The quantitative estimate of drug-likeness (QED) is 0.580. The van der Waals surface area contributed by atoms with Gasteiger partial charge in [0.05, 0.1) is 0 Å². The Morgan fingerprint density at radius 3 is 2.20 bits per heavy atom. The second kappa shape index (κ2) is 4.48. The Hall–Kier alpha value is -0.330. The number of hydrogen-bond acceptors (Lipinski definition) is 1. The van der Waals surface area contributed by atoms with Crippen molar-refractivity contribution in [1.29, 1.82) is 5.41 Å². The van der Waals surface area contributed by atoms with Crippen LogP contribution in [0.4, 0.5) is 0 Å². The first-order valence-corrected chi connectivity index (χ1v) is 3.97. The summed E-state index contributed by atoms with van der Waals surface area (Å²) >= 11 is 0. The van der Waals surface area contributed by atoms with Gasteiger partial charge in [-0.25, -0.2) is 0 Å². The molecule has 0 saturated carbocycles. The molecule has 1 nitrogen and oxygen atoms in total. The number of rotatable bonds is 4. The van der Waals surface area contributed by atoms with Crippen LogP contribution in [0.15, 0.2) is 0 Å². The van der Waals surface area contributed by atoms with Crippen molar-refractivity contribution in [2.24, 2.45) is 11.8 Å². The van der Waals surface area contributed by atoms with Crippen LogP contribution in [0.2, 0.25) is 0 Å². The van der Waals surface area contributed by atoms with Gasteiger partial charge in [0.1, 0.15) is 0 Å². The van der Waals surface area contributed by atoms with E-state index in [9.17, 15) is 0 Å². The highest BCUT2D eigenvalue weighted by atomic mass is 14.4. The standard InChI is InChI=1S/C9H18N/c1-5-7(3)9(6-2)8(4)10/h7,9-10H,1,5-6H2,2-4H3/t7?,9-/m0/s1. The van der Waals surface area contributed by atoms with Crippen molar-refractivity contribution in [3.05, 3.63) is 6.92 Å². The summed E-state index contributed by atoms with van der Waals surface area (Å²) in [6.45, 7) is 10.0. The van der Waals surface area contributed by atoms with Crippen LogP contribution in [0.1, 0.15) is 33.6 Å². The Kier molecular flexibility index (Phi) is 4.33. The van der Waals surface area contributed by atoms with E-state index in [0.29, 0.717) is 11.8 Å². The van der Waals surface area contributed by atoms with Crippen LogP contribution in [0.25, 0.3) is 0 Å². The van der Waals surface area contributed by atoms with Crippen LogP contribution in [-0.4, -0.2) is 5.71 Å². The van der Waals surface area contributed by atoms with Crippen molar-refractivity contribution in [3.8, 4) is 0 Å². The van der Waals surface area contributed by atoms with Crippen LogP contribution < -0.4 is 0 Å². The summed E-state index contributed by atoms with van der Waals surface area (Å²) in [4.78, 5) is 0. The van der Waals surface area contributed by atoms with Crippen molar-refractivity contribution >= 4 is 5.71 Å². The summed E-state index contributed by atoms with van der Waals surface area (Å²) in [6, 6.07) is 0.